The van der Waals surface area contributed by atoms with E-state index < -0.39 is 0 Å². The topological polar surface area (TPSA) is 94.5 Å². The van der Waals surface area contributed by atoms with Gasteiger partial charge < -0.3 is 19.8 Å². The van der Waals surface area contributed by atoms with Gasteiger partial charge in [-0.05, 0) is 25.0 Å². The van der Waals surface area contributed by atoms with E-state index in [2.05, 4.69) is 9.97 Å². The van der Waals surface area contributed by atoms with Gasteiger partial charge in [-0.25, -0.2) is 9.97 Å². The number of amides is 1. The zero-order valence-electron chi connectivity index (χ0n) is 13.4. The number of nitrogens with zero attached hydrogens (tertiary/aromatic N) is 3. The Morgan fingerprint density at radius 3 is 2.88 bits per heavy atom. The molecule has 1 saturated heterocycles. The lowest BCUT2D eigenvalue weighted by atomic mass is 10.0. The van der Waals surface area contributed by atoms with Crippen LogP contribution < -0.4 is 5.73 Å². The van der Waals surface area contributed by atoms with Crippen molar-refractivity contribution in [3.8, 4) is 0 Å². The number of aromatic nitrogens is 2. The van der Waals surface area contributed by atoms with Crippen LogP contribution in [-0.4, -0.2) is 40.5 Å². The average Bonchev–Trinajstić information content (AvgIpc) is 3.06. The molecule has 0 atom stereocenters. The SMILES string of the molecule is Nc1ccc(C(=O)N2CCc3oc(C4CCOCC4)nc3C2)cn1. The summed E-state index contributed by atoms with van der Waals surface area (Å²) in [6.45, 7) is 2.61. The van der Waals surface area contributed by atoms with E-state index in [-0.39, 0.29) is 5.91 Å². The van der Waals surface area contributed by atoms with E-state index in [0.717, 1.165) is 43.4 Å². The van der Waals surface area contributed by atoms with Gasteiger partial charge in [0.25, 0.3) is 5.91 Å². The van der Waals surface area contributed by atoms with Crippen LogP contribution in [0.5, 0.6) is 0 Å². The standard InChI is InChI=1S/C17H20N4O3/c18-15-2-1-12(9-19-15)17(22)21-6-3-14-13(10-21)20-16(24-14)11-4-7-23-8-5-11/h1-2,9,11H,3-8,10H2,(H2,18,19). The molecule has 2 aliphatic heterocycles. The molecule has 7 nitrogen and oxygen atoms in total. The molecule has 7 heteroatoms. The molecule has 126 valence electrons. The summed E-state index contributed by atoms with van der Waals surface area (Å²) >= 11 is 0. The van der Waals surface area contributed by atoms with Gasteiger partial charge in [0.1, 0.15) is 17.3 Å². The number of ether oxygens (including phenoxy) is 1. The van der Waals surface area contributed by atoms with Crippen molar-refractivity contribution in [1.82, 2.24) is 14.9 Å². The molecular weight excluding hydrogens is 308 g/mol. The molecule has 2 N–H and O–H groups in total. The summed E-state index contributed by atoms with van der Waals surface area (Å²) in [7, 11) is 0. The molecule has 0 radical (unpaired) electrons. The number of pyridine rings is 1. The lowest BCUT2D eigenvalue weighted by molar-refractivity contribution is 0.0725. The highest BCUT2D eigenvalue weighted by atomic mass is 16.5. The Balaban J connectivity index is 1.50. The van der Waals surface area contributed by atoms with Crippen LogP contribution in [0.2, 0.25) is 0 Å². The van der Waals surface area contributed by atoms with Gasteiger partial charge in [0, 0.05) is 38.3 Å². The van der Waals surface area contributed by atoms with Crippen molar-refractivity contribution in [2.75, 3.05) is 25.5 Å². The maximum Gasteiger partial charge on any atom is 0.255 e. The minimum absolute atomic E-state index is 0.0521. The number of hydrogen-bond acceptors (Lipinski definition) is 6. The van der Waals surface area contributed by atoms with Gasteiger partial charge in [0.05, 0.1) is 12.1 Å². The summed E-state index contributed by atoms with van der Waals surface area (Å²) in [5.41, 5.74) is 6.99. The molecule has 2 aliphatic rings. The Morgan fingerprint density at radius 2 is 2.12 bits per heavy atom. The maximum atomic E-state index is 12.6. The monoisotopic (exact) mass is 328 g/mol. The van der Waals surface area contributed by atoms with Crippen molar-refractivity contribution >= 4 is 11.7 Å². The van der Waals surface area contributed by atoms with Crippen molar-refractivity contribution in [2.45, 2.75) is 31.7 Å². The highest BCUT2D eigenvalue weighted by Gasteiger charge is 2.29. The van der Waals surface area contributed by atoms with Gasteiger partial charge in [-0.15, -0.1) is 0 Å². The molecule has 24 heavy (non-hydrogen) atoms. The molecule has 0 spiro atoms. The third-order valence-electron chi connectivity index (χ3n) is 4.64. The number of hydrogen-bond donors (Lipinski definition) is 1. The zero-order chi connectivity index (χ0) is 16.5. The molecule has 2 aromatic rings. The van der Waals surface area contributed by atoms with Crippen molar-refractivity contribution in [1.29, 1.82) is 0 Å². The number of rotatable bonds is 2. The zero-order valence-corrected chi connectivity index (χ0v) is 13.4. The van der Waals surface area contributed by atoms with E-state index in [0.29, 0.717) is 36.8 Å². The number of nitrogens with two attached hydrogens (primary N) is 1. The van der Waals surface area contributed by atoms with Crippen LogP contribution in [0.1, 0.15) is 46.5 Å². The third-order valence-corrected chi connectivity index (χ3v) is 4.64. The second kappa shape index (κ2) is 6.24. The Bertz CT molecular complexity index is 735. The number of nitrogen functional groups attached to an aromatic ring is 1. The smallest absolute Gasteiger partial charge is 0.255 e. The number of anilines is 1. The first-order valence-corrected chi connectivity index (χ1v) is 8.28. The third kappa shape index (κ3) is 2.87. The van der Waals surface area contributed by atoms with Crippen LogP contribution in [0.4, 0.5) is 5.82 Å². The summed E-state index contributed by atoms with van der Waals surface area (Å²) < 4.78 is 11.4. The van der Waals surface area contributed by atoms with Crippen molar-refractivity contribution in [2.24, 2.45) is 0 Å². The Hall–Kier alpha value is -2.41. The van der Waals surface area contributed by atoms with Crippen LogP contribution in [-0.2, 0) is 17.7 Å². The van der Waals surface area contributed by atoms with Gasteiger partial charge in [0.15, 0.2) is 5.89 Å². The van der Waals surface area contributed by atoms with Crippen LogP contribution >= 0.6 is 0 Å². The predicted octanol–water partition coefficient (Wildman–Crippen LogP) is 1.74. The van der Waals surface area contributed by atoms with Crippen molar-refractivity contribution in [3.05, 3.63) is 41.2 Å². The summed E-state index contributed by atoms with van der Waals surface area (Å²) in [6, 6.07) is 3.35. The Kier molecular flexibility index (Phi) is 3.93. The second-order valence-electron chi connectivity index (χ2n) is 6.26. The van der Waals surface area contributed by atoms with Crippen molar-refractivity contribution < 1.29 is 13.9 Å². The minimum Gasteiger partial charge on any atom is -0.445 e. The van der Waals surface area contributed by atoms with E-state index in [9.17, 15) is 4.79 Å². The van der Waals surface area contributed by atoms with Gasteiger partial charge >= 0.3 is 0 Å². The summed E-state index contributed by atoms with van der Waals surface area (Å²) in [4.78, 5) is 23.0. The molecule has 4 heterocycles. The molecule has 4 rings (SSSR count). The number of carbonyl (C=O) groups is 1. The van der Waals surface area contributed by atoms with Crippen LogP contribution in [0.25, 0.3) is 0 Å². The first-order chi connectivity index (χ1) is 11.7. The molecule has 1 fully saturated rings. The van der Waals surface area contributed by atoms with Crippen molar-refractivity contribution in [3.63, 3.8) is 0 Å². The summed E-state index contributed by atoms with van der Waals surface area (Å²) in [6.07, 6.45) is 4.10. The minimum atomic E-state index is -0.0521. The van der Waals surface area contributed by atoms with E-state index in [1.165, 1.54) is 6.20 Å². The van der Waals surface area contributed by atoms with Gasteiger partial charge in [-0.1, -0.05) is 0 Å². The van der Waals surface area contributed by atoms with Gasteiger partial charge in [0.2, 0.25) is 0 Å². The fraction of sp³-hybridized carbons (Fsp3) is 0.471. The first-order valence-electron chi connectivity index (χ1n) is 8.28. The average molecular weight is 328 g/mol. The number of carbonyl (C=O) groups excluding carboxylic acids is 1. The largest absolute Gasteiger partial charge is 0.445 e. The molecule has 0 aromatic carbocycles. The fourth-order valence-electron chi connectivity index (χ4n) is 3.23. The van der Waals surface area contributed by atoms with E-state index in [1.54, 1.807) is 17.0 Å². The normalized spacial score (nSPS) is 18.4. The first kappa shape index (κ1) is 15.1. The predicted molar refractivity (Wildman–Crippen MR) is 86.4 cm³/mol. The lowest BCUT2D eigenvalue weighted by Crippen LogP contribution is -2.35. The highest BCUT2D eigenvalue weighted by Crippen LogP contribution is 2.30. The van der Waals surface area contributed by atoms with Gasteiger partial charge in [-0.2, -0.15) is 0 Å². The maximum absolute atomic E-state index is 12.6. The molecule has 0 aliphatic carbocycles. The van der Waals surface area contributed by atoms with E-state index in [1.807, 2.05) is 0 Å². The van der Waals surface area contributed by atoms with E-state index >= 15 is 0 Å². The Morgan fingerprint density at radius 1 is 1.29 bits per heavy atom. The van der Waals surface area contributed by atoms with Crippen LogP contribution in [0.3, 0.4) is 0 Å². The Labute approximate surface area is 139 Å². The highest BCUT2D eigenvalue weighted by molar-refractivity contribution is 5.94. The van der Waals surface area contributed by atoms with Crippen LogP contribution in [0, 0.1) is 0 Å². The fourth-order valence-corrected chi connectivity index (χ4v) is 3.23. The summed E-state index contributed by atoms with van der Waals surface area (Å²) in [5.74, 6) is 2.39. The second-order valence-corrected chi connectivity index (χ2v) is 6.26. The number of oxazole rings is 1. The van der Waals surface area contributed by atoms with Crippen LogP contribution in [0.15, 0.2) is 22.7 Å². The molecular formula is C17H20N4O3. The quantitative estimate of drug-likeness (QED) is 0.902. The molecule has 0 bridgehead atoms. The van der Waals surface area contributed by atoms with Gasteiger partial charge in [-0.3, -0.25) is 4.79 Å². The lowest BCUT2D eigenvalue weighted by Gasteiger charge is -2.25. The molecule has 2 aromatic heterocycles. The summed E-state index contributed by atoms with van der Waals surface area (Å²) in [5, 5.41) is 0. The molecule has 0 unspecified atom stereocenters. The number of fused-ring (bicyclic) bond motifs is 1. The van der Waals surface area contributed by atoms with E-state index in [4.69, 9.17) is 14.9 Å². The molecule has 1 amide bonds. The molecule has 0 saturated carbocycles.